The second kappa shape index (κ2) is 9.01. The van der Waals surface area contributed by atoms with Gasteiger partial charge in [-0.3, -0.25) is 9.59 Å². The van der Waals surface area contributed by atoms with Gasteiger partial charge in [0.1, 0.15) is 17.2 Å². The first kappa shape index (κ1) is 21.7. The first-order chi connectivity index (χ1) is 16.5. The SMILES string of the molecule is Cc1occc1C(=O)Nc1cccc(-c2nc(CNC(=O)c3onc4c3CCCC4)c(C)o2)c1. The van der Waals surface area contributed by atoms with Crippen LogP contribution in [0.5, 0.6) is 0 Å². The Bertz CT molecular complexity index is 1360. The van der Waals surface area contributed by atoms with Crippen LogP contribution in [0, 0.1) is 13.8 Å². The van der Waals surface area contributed by atoms with Gasteiger partial charge in [0.25, 0.3) is 11.8 Å². The zero-order valence-electron chi connectivity index (χ0n) is 18.9. The molecular formula is C25H24N4O5. The van der Waals surface area contributed by atoms with Gasteiger partial charge in [-0.1, -0.05) is 11.2 Å². The van der Waals surface area contributed by atoms with Crippen LogP contribution in [0.2, 0.25) is 0 Å². The van der Waals surface area contributed by atoms with Gasteiger partial charge >= 0.3 is 0 Å². The van der Waals surface area contributed by atoms with Crippen molar-refractivity contribution in [1.82, 2.24) is 15.5 Å². The van der Waals surface area contributed by atoms with E-state index in [1.807, 2.05) is 6.07 Å². The highest BCUT2D eigenvalue weighted by atomic mass is 16.5. The lowest BCUT2D eigenvalue weighted by Gasteiger charge is -2.09. The van der Waals surface area contributed by atoms with Crippen molar-refractivity contribution in [2.45, 2.75) is 46.1 Å². The molecule has 0 atom stereocenters. The maximum absolute atomic E-state index is 12.7. The number of hydrogen-bond acceptors (Lipinski definition) is 7. The summed E-state index contributed by atoms with van der Waals surface area (Å²) in [6, 6.07) is 8.84. The number of nitrogens with zero attached hydrogens (tertiary/aromatic N) is 2. The molecule has 34 heavy (non-hydrogen) atoms. The molecule has 1 aliphatic rings. The van der Waals surface area contributed by atoms with Gasteiger partial charge in [0.05, 0.1) is 24.1 Å². The van der Waals surface area contributed by atoms with E-state index in [1.165, 1.54) is 6.26 Å². The quantitative estimate of drug-likeness (QED) is 0.431. The van der Waals surface area contributed by atoms with Gasteiger partial charge in [-0.05, 0) is 63.8 Å². The normalized spacial score (nSPS) is 12.9. The van der Waals surface area contributed by atoms with Crippen LogP contribution in [0.15, 0.2) is 50.0 Å². The number of nitrogens with one attached hydrogen (secondary N) is 2. The molecule has 1 aromatic carbocycles. The smallest absolute Gasteiger partial charge is 0.290 e. The van der Waals surface area contributed by atoms with E-state index in [0.29, 0.717) is 39.9 Å². The second-order valence-electron chi connectivity index (χ2n) is 8.27. The van der Waals surface area contributed by atoms with Crippen LogP contribution < -0.4 is 10.6 Å². The van der Waals surface area contributed by atoms with Crippen molar-refractivity contribution in [3.8, 4) is 11.5 Å². The number of hydrogen-bond donors (Lipinski definition) is 2. The number of benzene rings is 1. The summed E-state index contributed by atoms with van der Waals surface area (Å²) in [7, 11) is 0. The molecule has 0 aliphatic heterocycles. The molecule has 0 saturated heterocycles. The average Bonchev–Trinajstić information content (AvgIpc) is 3.56. The molecule has 1 aliphatic carbocycles. The van der Waals surface area contributed by atoms with E-state index in [1.54, 1.807) is 38.1 Å². The number of furan rings is 1. The Labute approximate surface area is 195 Å². The van der Waals surface area contributed by atoms with Crippen molar-refractivity contribution in [2.24, 2.45) is 0 Å². The largest absolute Gasteiger partial charge is 0.469 e. The summed E-state index contributed by atoms with van der Waals surface area (Å²) in [4.78, 5) is 29.7. The number of fused-ring (bicyclic) bond motifs is 1. The lowest BCUT2D eigenvalue weighted by Crippen LogP contribution is -2.24. The number of amides is 2. The van der Waals surface area contributed by atoms with E-state index in [0.717, 1.165) is 36.9 Å². The van der Waals surface area contributed by atoms with Crippen molar-refractivity contribution in [1.29, 1.82) is 0 Å². The topological polar surface area (TPSA) is 123 Å². The van der Waals surface area contributed by atoms with E-state index in [-0.39, 0.29) is 24.1 Å². The molecule has 4 aromatic rings. The molecule has 9 nitrogen and oxygen atoms in total. The van der Waals surface area contributed by atoms with Crippen LogP contribution in [0.4, 0.5) is 5.69 Å². The molecule has 0 spiro atoms. The van der Waals surface area contributed by atoms with Crippen molar-refractivity contribution < 1.29 is 22.9 Å². The maximum Gasteiger partial charge on any atom is 0.290 e. The molecule has 9 heteroatoms. The summed E-state index contributed by atoms with van der Waals surface area (Å²) < 4.78 is 16.3. The molecule has 2 amide bonds. The fourth-order valence-corrected chi connectivity index (χ4v) is 4.08. The number of aromatic nitrogens is 2. The zero-order valence-corrected chi connectivity index (χ0v) is 18.9. The Morgan fingerprint density at radius 1 is 1.06 bits per heavy atom. The number of carbonyl (C=O) groups is 2. The molecule has 0 bridgehead atoms. The summed E-state index contributed by atoms with van der Waals surface area (Å²) in [6.07, 6.45) is 5.23. The third-order valence-corrected chi connectivity index (χ3v) is 5.95. The molecule has 3 aromatic heterocycles. The van der Waals surface area contributed by atoms with Crippen LogP contribution >= 0.6 is 0 Å². The van der Waals surface area contributed by atoms with Crippen LogP contribution in [0.25, 0.3) is 11.5 Å². The van der Waals surface area contributed by atoms with Gasteiger partial charge < -0.3 is 24.0 Å². The van der Waals surface area contributed by atoms with Gasteiger partial charge in [-0.25, -0.2) is 4.98 Å². The fourth-order valence-electron chi connectivity index (χ4n) is 4.08. The van der Waals surface area contributed by atoms with Crippen LogP contribution in [-0.2, 0) is 19.4 Å². The van der Waals surface area contributed by atoms with E-state index < -0.39 is 0 Å². The number of aryl methyl sites for hydroxylation is 3. The van der Waals surface area contributed by atoms with E-state index >= 15 is 0 Å². The minimum absolute atomic E-state index is 0.194. The van der Waals surface area contributed by atoms with Gasteiger partial charge in [-0.2, -0.15) is 0 Å². The van der Waals surface area contributed by atoms with Crippen LogP contribution in [-0.4, -0.2) is 22.0 Å². The van der Waals surface area contributed by atoms with Crippen molar-refractivity contribution in [3.63, 3.8) is 0 Å². The van der Waals surface area contributed by atoms with Crippen LogP contribution in [0.3, 0.4) is 0 Å². The zero-order chi connectivity index (χ0) is 23.7. The minimum Gasteiger partial charge on any atom is -0.469 e. The van der Waals surface area contributed by atoms with Gasteiger partial charge in [0, 0.05) is 16.8 Å². The molecule has 0 unspecified atom stereocenters. The highest BCUT2D eigenvalue weighted by Crippen LogP contribution is 2.26. The summed E-state index contributed by atoms with van der Waals surface area (Å²) in [5, 5.41) is 9.75. The third-order valence-electron chi connectivity index (χ3n) is 5.95. The Balaban J connectivity index is 1.28. The molecule has 2 N–H and O–H groups in total. The number of carbonyl (C=O) groups excluding carboxylic acids is 2. The number of rotatable bonds is 6. The van der Waals surface area contributed by atoms with Gasteiger partial charge in [-0.15, -0.1) is 0 Å². The Kier molecular flexibility index (Phi) is 5.75. The predicted octanol–water partition coefficient (Wildman–Crippen LogP) is 4.60. The Morgan fingerprint density at radius 3 is 2.74 bits per heavy atom. The highest BCUT2D eigenvalue weighted by Gasteiger charge is 2.24. The average molecular weight is 460 g/mol. The second-order valence-corrected chi connectivity index (χ2v) is 8.27. The van der Waals surface area contributed by atoms with Crippen molar-refractivity contribution >= 4 is 17.5 Å². The number of anilines is 1. The lowest BCUT2D eigenvalue weighted by atomic mass is 9.96. The summed E-state index contributed by atoms with van der Waals surface area (Å²) in [6.45, 7) is 3.72. The van der Waals surface area contributed by atoms with Gasteiger partial charge in [0.2, 0.25) is 11.7 Å². The minimum atomic E-state index is -0.307. The number of oxazole rings is 1. The monoisotopic (exact) mass is 460 g/mol. The third kappa shape index (κ3) is 4.24. The molecule has 3 heterocycles. The molecule has 0 fully saturated rings. The Hall–Kier alpha value is -4.14. The summed E-state index contributed by atoms with van der Waals surface area (Å²) >= 11 is 0. The molecule has 0 radical (unpaired) electrons. The standard InChI is InChI=1S/C25H24N4O5/c1-14-18(10-11-32-14)23(30)27-17-7-5-6-16(12-17)25-28-21(15(2)33-25)13-26-24(31)22-19-8-3-4-9-20(19)29-34-22/h5-7,10-12H,3-4,8-9,13H2,1-2H3,(H,26,31)(H,27,30). The molecule has 174 valence electrons. The predicted molar refractivity (Wildman–Crippen MR) is 122 cm³/mol. The highest BCUT2D eigenvalue weighted by molar-refractivity contribution is 6.05. The molecule has 5 rings (SSSR count). The van der Waals surface area contributed by atoms with E-state index in [4.69, 9.17) is 13.4 Å². The first-order valence-electron chi connectivity index (χ1n) is 11.2. The molecular weight excluding hydrogens is 436 g/mol. The Morgan fingerprint density at radius 2 is 1.91 bits per heavy atom. The van der Waals surface area contributed by atoms with Crippen molar-refractivity contribution in [3.05, 3.63) is 76.4 Å². The van der Waals surface area contributed by atoms with Gasteiger partial charge in [0.15, 0.2) is 0 Å². The van der Waals surface area contributed by atoms with Crippen LogP contribution in [0.1, 0.15) is 62.2 Å². The molecule has 0 saturated carbocycles. The summed E-state index contributed by atoms with van der Waals surface area (Å²) in [5.74, 6) is 1.26. The van der Waals surface area contributed by atoms with Crippen molar-refractivity contribution in [2.75, 3.05) is 5.32 Å². The lowest BCUT2D eigenvalue weighted by molar-refractivity contribution is 0.0911. The van der Waals surface area contributed by atoms with E-state index in [9.17, 15) is 9.59 Å². The summed E-state index contributed by atoms with van der Waals surface area (Å²) in [5.41, 5.74) is 4.18. The first-order valence-corrected chi connectivity index (χ1v) is 11.2. The fraction of sp³-hybridized carbons (Fsp3) is 0.280. The van der Waals surface area contributed by atoms with E-state index in [2.05, 4.69) is 20.8 Å². The maximum atomic E-state index is 12.7.